The molecule has 3 N–H and O–H groups in total. The smallest absolute Gasteiger partial charge is 0.306 e. The molecule has 1 aliphatic carbocycles. The first-order valence-corrected chi connectivity index (χ1v) is 8.38. The summed E-state index contributed by atoms with van der Waals surface area (Å²) in [4.78, 5) is 23.5. The number of carbonyl (C=O) groups excluding carboxylic acids is 1. The number of benzene rings is 1. The molecule has 1 atom stereocenters. The van der Waals surface area contributed by atoms with Gasteiger partial charge in [0.1, 0.15) is 0 Å². The van der Waals surface area contributed by atoms with Gasteiger partial charge in [0, 0.05) is 0 Å². The lowest BCUT2D eigenvalue weighted by Gasteiger charge is -2.41. The number of nitrogens with one attached hydrogen (secondary N) is 1. The molecule has 0 aromatic heterocycles. The van der Waals surface area contributed by atoms with E-state index in [0.717, 1.165) is 5.56 Å². The Labute approximate surface area is 141 Å². The molecule has 6 heteroatoms. The first-order valence-electron chi connectivity index (χ1n) is 8.38. The van der Waals surface area contributed by atoms with Crippen LogP contribution in [0.15, 0.2) is 30.3 Å². The lowest BCUT2D eigenvalue weighted by atomic mass is 9.71. The fraction of sp³-hybridized carbons (Fsp3) is 0.556. The fourth-order valence-corrected chi connectivity index (χ4v) is 3.61. The van der Waals surface area contributed by atoms with Gasteiger partial charge < -0.3 is 9.84 Å². The topological polar surface area (TPSA) is 95.9 Å². The third-order valence-electron chi connectivity index (χ3n) is 5.09. The van der Waals surface area contributed by atoms with E-state index in [4.69, 9.17) is 9.84 Å². The highest BCUT2D eigenvalue weighted by molar-refractivity contribution is 5.84. The average Bonchev–Trinajstić information content (AvgIpc) is 2.63. The van der Waals surface area contributed by atoms with Crippen molar-refractivity contribution in [1.29, 1.82) is 0 Å². The summed E-state index contributed by atoms with van der Waals surface area (Å²) in [5.74, 6) is -1.82. The second kappa shape index (κ2) is 8.26. The van der Waals surface area contributed by atoms with Gasteiger partial charge in [0.15, 0.2) is 5.60 Å². The van der Waals surface area contributed by atoms with Crippen molar-refractivity contribution < 1.29 is 24.6 Å². The maximum Gasteiger partial charge on any atom is 0.306 e. The number of carboxylic acids is 1. The molecule has 0 heterocycles. The molecule has 0 aliphatic heterocycles. The molecular weight excluding hydrogens is 310 g/mol. The van der Waals surface area contributed by atoms with Crippen LogP contribution in [0.5, 0.6) is 0 Å². The summed E-state index contributed by atoms with van der Waals surface area (Å²) < 4.78 is 6.03. The first-order chi connectivity index (χ1) is 11.5. The van der Waals surface area contributed by atoms with Crippen molar-refractivity contribution in [2.24, 2.45) is 11.8 Å². The summed E-state index contributed by atoms with van der Waals surface area (Å²) in [7, 11) is 0. The van der Waals surface area contributed by atoms with Crippen molar-refractivity contribution in [2.75, 3.05) is 0 Å². The van der Waals surface area contributed by atoms with Crippen LogP contribution in [-0.2, 0) is 20.9 Å². The van der Waals surface area contributed by atoms with Crippen LogP contribution in [0.2, 0.25) is 0 Å². The predicted octanol–water partition coefficient (Wildman–Crippen LogP) is 2.75. The number of amides is 1. The molecule has 132 valence electrons. The van der Waals surface area contributed by atoms with Crippen LogP contribution in [0.1, 0.15) is 44.6 Å². The Kier molecular flexibility index (Phi) is 6.34. The van der Waals surface area contributed by atoms with Crippen LogP contribution in [-0.4, -0.2) is 27.8 Å². The Morgan fingerprint density at radius 2 is 1.83 bits per heavy atom. The number of aliphatic carboxylic acids is 1. The van der Waals surface area contributed by atoms with Crippen LogP contribution in [0.4, 0.5) is 0 Å². The van der Waals surface area contributed by atoms with Gasteiger partial charge in [-0.25, -0.2) is 5.48 Å². The molecule has 0 spiro atoms. The Morgan fingerprint density at radius 3 is 2.33 bits per heavy atom. The zero-order chi connectivity index (χ0) is 17.6. The Hall–Kier alpha value is -1.92. The van der Waals surface area contributed by atoms with Gasteiger partial charge in [-0.2, -0.15) is 0 Å². The van der Waals surface area contributed by atoms with E-state index in [2.05, 4.69) is 0 Å². The molecule has 6 nitrogen and oxygen atoms in total. The zero-order valence-electron chi connectivity index (χ0n) is 13.9. The molecule has 24 heavy (non-hydrogen) atoms. The van der Waals surface area contributed by atoms with Gasteiger partial charge in [-0.05, 0) is 43.6 Å². The molecule has 0 bridgehead atoms. The lowest BCUT2D eigenvalue weighted by molar-refractivity contribution is -0.172. The van der Waals surface area contributed by atoms with Gasteiger partial charge in [0.25, 0.3) is 5.91 Å². The van der Waals surface area contributed by atoms with Crippen molar-refractivity contribution >= 4 is 11.9 Å². The van der Waals surface area contributed by atoms with Crippen LogP contribution in [0.25, 0.3) is 0 Å². The van der Waals surface area contributed by atoms with Gasteiger partial charge in [-0.3, -0.25) is 14.8 Å². The fourth-order valence-electron chi connectivity index (χ4n) is 3.61. The molecule has 1 aromatic carbocycles. The van der Waals surface area contributed by atoms with Crippen molar-refractivity contribution in [3.05, 3.63) is 35.9 Å². The molecule has 2 rings (SSSR count). The third kappa shape index (κ3) is 3.94. The quantitative estimate of drug-likeness (QED) is 0.526. The number of rotatable bonds is 7. The zero-order valence-corrected chi connectivity index (χ0v) is 13.9. The number of hydrogen-bond acceptors (Lipinski definition) is 4. The molecule has 1 aromatic rings. The first kappa shape index (κ1) is 18.4. The van der Waals surface area contributed by atoms with E-state index in [1.54, 1.807) is 5.48 Å². The highest BCUT2D eigenvalue weighted by Gasteiger charge is 2.47. The van der Waals surface area contributed by atoms with E-state index in [-0.39, 0.29) is 18.4 Å². The SMILES string of the molecule is CCC(OCc1ccccc1)(C(=O)NO)[C@H]1CC[C@H](C(=O)O)CC1. The van der Waals surface area contributed by atoms with Crippen LogP contribution >= 0.6 is 0 Å². The minimum Gasteiger partial charge on any atom is -0.481 e. The molecule has 1 fully saturated rings. The molecule has 0 radical (unpaired) electrons. The minimum atomic E-state index is -1.14. The number of carboxylic acid groups (broad SMARTS) is 1. The van der Waals surface area contributed by atoms with Crippen molar-refractivity contribution in [3.8, 4) is 0 Å². The minimum absolute atomic E-state index is 0.117. The van der Waals surface area contributed by atoms with E-state index in [1.165, 1.54) is 0 Å². The Bertz CT molecular complexity index is 554. The van der Waals surface area contributed by atoms with Gasteiger partial charge in [-0.15, -0.1) is 0 Å². The number of ether oxygens (including phenoxy) is 1. The Balaban J connectivity index is 2.14. The average molecular weight is 335 g/mol. The summed E-state index contributed by atoms with van der Waals surface area (Å²) in [5, 5.41) is 18.3. The Morgan fingerprint density at radius 1 is 1.21 bits per heavy atom. The van der Waals surface area contributed by atoms with E-state index in [1.807, 2.05) is 37.3 Å². The third-order valence-corrected chi connectivity index (χ3v) is 5.09. The van der Waals surface area contributed by atoms with Crippen molar-refractivity contribution in [1.82, 2.24) is 5.48 Å². The van der Waals surface area contributed by atoms with Crippen LogP contribution in [0, 0.1) is 11.8 Å². The standard InChI is InChI=1S/C18H25NO5/c1-2-18(17(22)19-23,24-12-13-6-4-3-5-7-13)15-10-8-14(9-11-15)16(20)21/h3-7,14-15,23H,2,8-12H2,1H3,(H,19,22)(H,20,21)/t14-,15-,18?. The van der Waals surface area contributed by atoms with Crippen LogP contribution in [0.3, 0.4) is 0 Å². The van der Waals surface area contributed by atoms with Gasteiger partial charge in [-0.1, -0.05) is 37.3 Å². The highest BCUT2D eigenvalue weighted by Crippen LogP contribution is 2.40. The second-order valence-electron chi connectivity index (χ2n) is 6.35. The van der Waals surface area contributed by atoms with Gasteiger partial charge in [0.2, 0.25) is 0 Å². The van der Waals surface area contributed by atoms with Crippen molar-refractivity contribution in [2.45, 2.75) is 51.2 Å². The molecule has 0 saturated heterocycles. The molecule has 1 aliphatic rings. The molecular formula is C18H25NO5. The number of carbonyl (C=O) groups is 2. The summed E-state index contributed by atoms with van der Waals surface area (Å²) in [5.41, 5.74) is 1.54. The maximum absolute atomic E-state index is 12.4. The summed E-state index contributed by atoms with van der Waals surface area (Å²) in [6.07, 6.45) is 2.64. The van der Waals surface area contributed by atoms with E-state index >= 15 is 0 Å². The van der Waals surface area contributed by atoms with E-state index in [0.29, 0.717) is 32.1 Å². The predicted molar refractivity (Wildman–Crippen MR) is 87.3 cm³/mol. The normalized spacial score (nSPS) is 23.2. The van der Waals surface area contributed by atoms with Crippen molar-refractivity contribution in [3.63, 3.8) is 0 Å². The maximum atomic E-state index is 12.4. The highest BCUT2D eigenvalue weighted by atomic mass is 16.5. The largest absolute Gasteiger partial charge is 0.481 e. The second-order valence-corrected chi connectivity index (χ2v) is 6.35. The van der Waals surface area contributed by atoms with Gasteiger partial charge in [0.05, 0.1) is 12.5 Å². The number of hydroxylamine groups is 1. The molecule has 1 unspecified atom stereocenters. The molecule has 1 amide bonds. The van der Waals surface area contributed by atoms with Crippen LogP contribution < -0.4 is 5.48 Å². The lowest BCUT2D eigenvalue weighted by Crippen LogP contribution is -2.54. The summed E-state index contributed by atoms with van der Waals surface area (Å²) in [6.45, 7) is 2.12. The van der Waals surface area contributed by atoms with Gasteiger partial charge >= 0.3 is 5.97 Å². The number of hydrogen-bond donors (Lipinski definition) is 3. The van der Waals surface area contributed by atoms with E-state index in [9.17, 15) is 14.8 Å². The monoisotopic (exact) mass is 335 g/mol. The molecule has 1 saturated carbocycles. The summed E-state index contributed by atoms with van der Waals surface area (Å²) >= 11 is 0. The summed E-state index contributed by atoms with van der Waals surface area (Å²) in [6, 6.07) is 9.54. The van der Waals surface area contributed by atoms with E-state index < -0.39 is 17.5 Å².